The molecule has 0 bridgehead atoms. The third-order valence-electron chi connectivity index (χ3n) is 2.35. The van der Waals surface area contributed by atoms with Crippen LogP contribution in [0.2, 0.25) is 0 Å². The average molecular weight is 174 g/mol. The molecule has 0 saturated heterocycles. The maximum Gasteiger partial charge on any atom is 0.192 e. The number of hydrogen-bond donors (Lipinski definition) is 0. The summed E-state index contributed by atoms with van der Waals surface area (Å²) < 4.78 is 5.30. The summed E-state index contributed by atoms with van der Waals surface area (Å²) in [5.74, 6) is 0. The minimum atomic E-state index is 0.0179. The third-order valence-corrected chi connectivity index (χ3v) is 2.35. The largest absolute Gasteiger partial charge is 0.464 e. The Hall–Kier alpha value is -1.57. The zero-order valence-corrected chi connectivity index (χ0v) is 7.63. The first-order valence-electron chi connectivity index (χ1n) is 4.18. The standard InChI is InChI=1S/C11H10O2/c1-7-3-4-9-10(12)5-6-13-11(9)8(7)2/h3-6H,1-2H3. The maximum atomic E-state index is 11.4. The van der Waals surface area contributed by atoms with Gasteiger partial charge in [0.1, 0.15) is 5.58 Å². The van der Waals surface area contributed by atoms with Crippen molar-refractivity contribution in [2.45, 2.75) is 13.8 Å². The van der Waals surface area contributed by atoms with E-state index in [4.69, 9.17) is 4.42 Å². The molecule has 66 valence electrons. The van der Waals surface area contributed by atoms with Crippen LogP contribution in [0.1, 0.15) is 11.1 Å². The molecule has 1 heterocycles. The highest BCUT2D eigenvalue weighted by molar-refractivity contribution is 5.80. The van der Waals surface area contributed by atoms with Crippen molar-refractivity contribution in [1.29, 1.82) is 0 Å². The molecule has 0 spiro atoms. The molecule has 0 unspecified atom stereocenters. The molecule has 0 aliphatic rings. The van der Waals surface area contributed by atoms with Crippen LogP contribution in [0.3, 0.4) is 0 Å². The molecule has 1 aromatic heterocycles. The molecule has 0 aliphatic heterocycles. The van der Waals surface area contributed by atoms with Gasteiger partial charge in [0.15, 0.2) is 5.43 Å². The molecule has 0 amide bonds. The van der Waals surface area contributed by atoms with Crippen molar-refractivity contribution >= 4 is 11.0 Å². The molecule has 2 aromatic rings. The highest BCUT2D eigenvalue weighted by atomic mass is 16.3. The fourth-order valence-electron chi connectivity index (χ4n) is 1.39. The van der Waals surface area contributed by atoms with Gasteiger partial charge in [-0.15, -0.1) is 0 Å². The van der Waals surface area contributed by atoms with E-state index in [9.17, 15) is 4.79 Å². The Morgan fingerprint density at radius 1 is 1.15 bits per heavy atom. The SMILES string of the molecule is Cc1ccc2c(=O)ccoc2c1C. The Kier molecular flexibility index (Phi) is 1.69. The highest BCUT2D eigenvalue weighted by Gasteiger charge is 2.03. The molecule has 1 aromatic carbocycles. The van der Waals surface area contributed by atoms with Gasteiger partial charge in [-0.2, -0.15) is 0 Å². The Morgan fingerprint density at radius 3 is 2.69 bits per heavy atom. The zero-order chi connectivity index (χ0) is 9.42. The van der Waals surface area contributed by atoms with Gasteiger partial charge in [0.05, 0.1) is 11.6 Å². The fourth-order valence-corrected chi connectivity index (χ4v) is 1.39. The number of benzene rings is 1. The second kappa shape index (κ2) is 2.73. The molecule has 0 N–H and O–H groups in total. The highest BCUT2D eigenvalue weighted by Crippen LogP contribution is 2.17. The van der Waals surface area contributed by atoms with Crippen LogP contribution in [-0.2, 0) is 0 Å². The lowest BCUT2D eigenvalue weighted by atomic mass is 10.1. The van der Waals surface area contributed by atoms with Gasteiger partial charge in [-0.25, -0.2) is 0 Å². The van der Waals surface area contributed by atoms with E-state index in [0.717, 1.165) is 11.1 Å². The predicted octanol–water partition coefficient (Wildman–Crippen LogP) is 2.41. The predicted molar refractivity (Wildman–Crippen MR) is 52.0 cm³/mol. The molecule has 2 nitrogen and oxygen atoms in total. The molecule has 2 rings (SSSR count). The van der Waals surface area contributed by atoms with Crippen LogP contribution < -0.4 is 5.43 Å². The van der Waals surface area contributed by atoms with Gasteiger partial charge in [-0.05, 0) is 31.0 Å². The Morgan fingerprint density at radius 2 is 1.92 bits per heavy atom. The maximum absolute atomic E-state index is 11.4. The van der Waals surface area contributed by atoms with E-state index in [1.807, 2.05) is 26.0 Å². The molecule has 0 saturated carbocycles. The van der Waals surface area contributed by atoms with Crippen molar-refractivity contribution in [1.82, 2.24) is 0 Å². The first kappa shape index (κ1) is 8.05. The lowest BCUT2D eigenvalue weighted by molar-refractivity contribution is 0.599. The summed E-state index contributed by atoms with van der Waals surface area (Å²) in [5.41, 5.74) is 2.90. The average Bonchev–Trinajstić information content (AvgIpc) is 2.12. The minimum absolute atomic E-state index is 0.0179. The number of rotatable bonds is 0. The summed E-state index contributed by atoms with van der Waals surface area (Å²) >= 11 is 0. The van der Waals surface area contributed by atoms with Crippen LogP contribution in [0.5, 0.6) is 0 Å². The van der Waals surface area contributed by atoms with E-state index in [2.05, 4.69) is 0 Å². The van der Waals surface area contributed by atoms with Gasteiger partial charge in [-0.1, -0.05) is 6.07 Å². The number of hydrogen-bond acceptors (Lipinski definition) is 2. The smallest absolute Gasteiger partial charge is 0.192 e. The van der Waals surface area contributed by atoms with Gasteiger partial charge < -0.3 is 4.42 Å². The van der Waals surface area contributed by atoms with Crippen molar-refractivity contribution < 1.29 is 4.42 Å². The second-order valence-electron chi connectivity index (χ2n) is 3.17. The summed E-state index contributed by atoms with van der Waals surface area (Å²) in [5, 5.41) is 0.658. The summed E-state index contributed by atoms with van der Waals surface area (Å²) in [6, 6.07) is 5.19. The lowest BCUT2D eigenvalue weighted by Crippen LogP contribution is -1.99. The van der Waals surface area contributed by atoms with Crippen molar-refractivity contribution in [2.24, 2.45) is 0 Å². The van der Waals surface area contributed by atoms with E-state index < -0.39 is 0 Å². The molecule has 2 heteroatoms. The van der Waals surface area contributed by atoms with Gasteiger partial charge >= 0.3 is 0 Å². The van der Waals surface area contributed by atoms with Crippen LogP contribution in [0.25, 0.3) is 11.0 Å². The quantitative estimate of drug-likeness (QED) is 0.614. The van der Waals surface area contributed by atoms with E-state index in [1.54, 1.807) is 0 Å². The number of aryl methyl sites for hydroxylation is 2. The zero-order valence-electron chi connectivity index (χ0n) is 7.63. The first-order chi connectivity index (χ1) is 6.20. The first-order valence-corrected chi connectivity index (χ1v) is 4.18. The summed E-state index contributed by atoms with van der Waals surface area (Å²) in [6.07, 6.45) is 1.44. The Labute approximate surface area is 75.8 Å². The molecule has 0 atom stereocenters. The normalized spacial score (nSPS) is 10.6. The van der Waals surface area contributed by atoms with Crippen LogP contribution in [0.4, 0.5) is 0 Å². The third kappa shape index (κ3) is 1.15. The van der Waals surface area contributed by atoms with Gasteiger partial charge in [-0.3, -0.25) is 4.79 Å². The monoisotopic (exact) mass is 174 g/mol. The molecule has 0 fully saturated rings. The van der Waals surface area contributed by atoms with Gasteiger partial charge in [0.2, 0.25) is 0 Å². The van der Waals surface area contributed by atoms with Crippen molar-refractivity contribution in [2.75, 3.05) is 0 Å². The summed E-state index contributed by atoms with van der Waals surface area (Å²) in [6.45, 7) is 3.96. The van der Waals surface area contributed by atoms with Crippen molar-refractivity contribution in [3.05, 3.63) is 45.8 Å². The van der Waals surface area contributed by atoms with Crippen LogP contribution >= 0.6 is 0 Å². The summed E-state index contributed by atoms with van der Waals surface area (Å²) in [4.78, 5) is 11.4. The molecule has 0 aliphatic carbocycles. The molecular weight excluding hydrogens is 164 g/mol. The summed E-state index contributed by atoms with van der Waals surface area (Å²) in [7, 11) is 0. The van der Waals surface area contributed by atoms with Crippen LogP contribution in [-0.4, -0.2) is 0 Å². The fraction of sp³-hybridized carbons (Fsp3) is 0.182. The Bertz CT molecular complexity index is 509. The van der Waals surface area contributed by atoms with E-state index >= 15 is 0 Å². The van der Waals surface area contributed by atoms with Crippen LogP contribution in [0.15, 0.2) is 33.7 Å². The van der Waals surface area contributed by atoms with Gasteiger partial charge in [0, 0.05) is 6.07 Å². The minimum Gasteiger partial charge on any atom is -0.464 e. The molecular formula is C11H10O2. The lowest BCUT2D eigenvalue weighted by Gasteiger charge is -2.02. The molecule has 13 heavy (non-hydrogen) atoms. The van der Waals surface area contributed by atoms with Crippen molar-refractivity contribution in [3.63, 3.8) is 0 Å². The molecule has 0 radical (unpaired) electrons. The Balaban J connectivity index is 3.03. The number of fused-ring (bicyclic) bond motifs is 1. The van der Waals surface area contributed by atoms with Gasteiger partial charge in [0.25, 0.3) is 0 Å². The second-order valence-corrected chi connectivity index (χ2v) is 3.17. The van der Waals surface area contributed by atoms with Crippen molar-refractivity contribution in [3.8, 4) is 0 Å². The van der Waals surface area contributed by atoms with Crippen LogP contribution in [0, 0.1) is 13.8 Å². The van der Waals surface area contributed by atoms with E-state index in [0.29, 0.717) is 11.0 Å². The van der Waals surface area contributed by atoms with E-state index in [-0.39, 0.29) is 5.43 Å². The van der Waals surface area contributed by atoms with E-state index in [1.165, 1.54) is 12.3 Å². The topological polar surface area (TPSA) is 30.2 Å².